The van der Waals surface area contributed by atoms with Crippen LogP contribution in [0.25, 0.3) is 11.6 Å². The summed E-state index contributed by atoms with van der Waals surface area (Å²) in [6, 6.07) is 12.0. The largest absolute Gasteiger partial charge is 0.545 e. The zero-order chi connectivity index (χ0) is 13.8. The summed E-state index contributed by atoms with van der Waals surface area (Å²) >= 11 is 4.88. The fourth-order valence-electron chi connectivity index (χ4n) is 1.51. The first-order chi connectivity index (χ1) is 9.10. The Morgan fingerprint density at radius 2 is 1.84 bits per heavy atom. The lowest BCUT2D eigenvalue weighted by molar-refractivity contribution is -0.255. The first kappa shape index (κ1) is 13.5. The Hall–Kier alpha value is -1.90. The SMILES string of the molecule is N#C/C(=C/c1ccc(Br)s1)c1ccc(C(=O)[O-])cc1. The number of nitrogens with zero attached hydrogens (tertiary/aromatic N) is 1. The zero-order valence-electron chi connectivity index (χ0n) is 9.59. The highest BCUT2D eigenvalue weighted by molar-refractivity contribution is 9.11. The van der Waals surface area contributed by atoms with Gasteiger partial charge in [0.15, 0.2) is 0 Å². The molecule has 1 heterocycles. The summed E-state index contributed by atoms with van der Waals surface area (Å²) in [7, 11) is 0. The van der Waals surface area contributed by atoms with E-state index in [1.807, 2.05) is 12.1 Å². The van der Waals surface area contributed by atoms with Crippen LogP contribution in [0, 0.1) is 11.3 Å². The molecule has 2 aromatic rings. The lowest BCUT2D eigenvalue weighted by Crippen LogP contribution is -2.21. The third-order valence-corrected chi connectivity index (χ3v) is 4.00. The van der Waals surface area contributed by atoms with Crippen LogP contribution in [0.15, 0.2) is 40.2 Å². The van der Waals surface area contributed by atoms with Crippen molar-refractivity contribution in [2.45, 2.75) is 0 Å². The quantitative estimate of drug-likeness (QED) is 0.811. The molecule has 0 fully saturated rings. The maximum atomic E-state index is 10.7. The maximum Gasteiger partial charge on any atom is 0.0998 e. The summed E-state index contributed by atoms with van der Waals surface area (Å²) in [5, 5.41) is 19.8. The van der Waals surface area contributed by atoms with Crippen LogP contribution in [0.5, 0.6) is 0 Å². The van der Waals surface area contributed by atoms with Crippen molar-refractivity contribution in [2.24, 2.45) is 0 Å². The third kappa shape index (κ3) is 3.31. The molecule has 0 radical (unpaired) electrons. The zero-order valence-corrected chi connectivity index (χ0v) is 12.0. The highest BCUT2D eigenvalue weighted by Gasteiger charge is 2.03. The maximum absolute atomic E-state index is 10.7. The van der Waals surface area contributed by atoms with Gasteiger partial charge in [0.1, 0.15) is 0 Å². The van der Waals surface area contributed by atoms with Crippen molar-refractivity contribution in [1.29, 1.82) is 5.26 Å². The molecule has 1 aromatic heterocycles. The standard InChI is InChI=1S/C14H8BrNO2S/c15-13-6-5-12(19-13)7-11(8-16)9-1-3-10(4-2-9)14(17)18/h1-7H,(H,17,18)/p-1/b11-7-. The van der Waals surface area contributed by atoms with Gasteiger partial charge in [-0.3, -0.25) is 0 Å². The minimum Gasteiger partial charge on any atom is -0.545 e. The number of hydrogen-bond donors (Lipinski definition) is 0. The molecule has 3 nitrogen and oxygen atoms in total. The summed E-state index contributed by atoms with van der Waals surface area (Å²) < 4.78 is 0.989. The summed E-state index contributed by atoms with van der Waals surface area (Å²) in [5.41, 5.74) is 1.26. The van der Waals surface area contributed by atoms with Gasteiger partial charge in [-0.05, 0) is 45.3 Å². The van der Waals surface area contributed by atoms with Crippen LogP contribution in [0.3, 0.4) is 0 Å². The van der Waals surface area contributed by atoms with Gasteiger partial charge in [-0.15, -0.1) is 11.3 Å². The van der Waals surface area contributed by atoms with E-state index in [9.17, 15) is 15.2 Å². The van der Waals surface area contributed by atoms with Crippen molar-refractivity contribution in [2.75, 3.05) is 0 Å². The summed E-state index contributed by atoms with van der Waals surface area (Å²) in [6.45, 7) is 0. The van der Waals surface area contributed by atoms with Crippen molar-refractivity contribution < 1.29 is 9.90 Å². The number of rotatable bonds is 3. The number of thiophene rings is 1. The van der Waals surface area contributed by atoms with Crippen LogP contribution < -0.4 is 5.11 Å². The van der Waals surface area contributed by atoms with Crippen molar-refractivity contribution in [3.05, 3.63) is 56.2 Å². The molecule has 0 unspecified atom stereocenters. The molecule has 0 N–H and O–H groups in total. The van der Waals surface area contributed by atoms with E-state index < -0.39 is 5.97 Å². The first-order valence-electron chi connectivity index (χ1n) is 5.29. The number of carboxylic acid groups (broad SMARTS) is 1. The minimum atomic E-state index is -1.23. The summed E-state index contributed by atoms with van der Waals surface area (Å²) in [5.74, 6) is -1.23. The van der Waals surface area contributed by atoms with E-state index in [0.717, 1.165) is 8.66 Å². The number of aromatic carboxylic acids is 1. The molecule has 0 aliphatic heterocycles. The molecule has 1 aromatic carbocycles. The van der Waals surface area contributed by atoms with Crippen LogP contribution in [0.1, 0.15) is 20.8 Å². The Morgan fingerprint density at radius 3 is 2.32 bits per heavy atom. The van der Waals surface area contributed by atoms with E-state index in [4.69, 9.17) is 0 Å². The Morgan fingerprint density at radius 1 is 1.21 bits per heavy atom. The second kappa shape index (κ2) is 5.83. The van der Waals surface area contributed by atoms with Gasteiger partial charge in [0.25, 0.3) is 0 Å². The van der Waals surface area contributed by atoms with E-state index in [2.05, 4.69) is 22.0 Å². The van der Waals surface area contributed by atoms with Crippen molar-refractivity contribution >= 4 is 44.9 Å². The Labute approximate surface area is 122 Å². The molecule has 2 rings (SSSR count). The predicted molar refractivity (Wildman–Crippen MR) is 76.3 cm³/mol. The van der Waals surface area contributed by atoms with Gasteiger partial charge in [0, 0.05) is 4.88 Å². The Bertz CT molecular complexity index is 680. The Kier molecular flexibility index (Phi) is 4.15. The topological polar surface area (TPSA) is 63.9 Å². The normalized spacial score (nSPS) is 11.1. The van der Waals surface area contributed by atoms with Crippen LogP contribution in [0.4, 0.5) is 0 Å². The second-order valence-electron chi connectivity index (χ2n) is 3.68. The van der Waals surface area contributed by atoms with Crippen molar-refractivity contribution in [3.8, 4) is 6.07 Å². The van der Waals surface area contributed by atoms with Gasteiger partial charge in [-0.2, -0.15) is 5.26 Å². The van der Waals surface area contributed by atoms with Gasteiger partial charge >= 0.3 is 0 Å². The molecule has 5 heteroatoms. The molecule has 0 aliphatic carbocycles. The third-order valence-electron chi connectivity index (χ3n) is 2.43. The number of halogens is 1. The molecule has 0 spiro atoms. The number of nitriles is 1. The number of carboxylic acids is 1. The average Bonchev–Trinajstić information content (AvgIpc) is 2.81. The monoisotopic (exact) mass is 332 g/mol. The average molecular weight is 333 g/mol. The first-order valence-corrected chi connectivity index (χ1v) is 6.90. The van der Waals surface area contributed by atoms with Gasteiger partial charge in [0.2, 0.25) is 0 Å². The van der Waals surface area contributed by atoms with Crippen molar-refractivity contribution in [1.82, 2.24) is 0 Å². The van der Waals surface area contributed by atoms with E-state index >= 15 is 0 Å². The number of allylic oxidation sites excluding steroid dienone is 1. The lowest BCUT2D eigenvalue weighted by atomic mass is 10.0. The van der Waals surface area contributed by atoms with Crippen LogP contribution in [-0.4, -0.2) is 5.97 Å². The van der Waals surface area contributed by atoms with Crippen LogP contribution >= 0.6 is 27.3 Å². The van der Waals surface area contributed by atoms with E-state index in [1.54, 1.807) is 18.2 Å². The predicted octanol–water partition coefficient (Wildman–Crippen LogP) is 2.94. The number of carbonyl (C=O) groups is 1. The van der Waals surface area contributed by atoms with Crippen LogP contribution in [-0.2, 0) is 0 Å². The smallest absolute Gasteiger partial charge is 0.0998 e. The molecule has 19 heavy (non-hydrogen) atoms. The highest BCUT2D eigenvalue weighted by Crippen LogP contribution is 2.26. The summed E-state index contributed by atoms with van der Waals surface area (Å²) in [6.07, 6.45) is 1.77. The second-order valence-corrected chi connectivity index (χ2v) is 6.17. The van der Waals surface area contributed by atoms with Crippen LogP contribution in [0.2, 0.25) is 0 Å². The molecule has 0 bridgehead atoms. The van der Waals surface area contributed by atoms with Gasteiger partial charge < -0.3 is 9.90 Å². The van der Waals surface area contributed by atoms with E-state index in [-0.39, 0.29) is 5.56 Å². The molecule has 94 valence electrons. The number of carbonyl (C=O) groups excluding carboxylic acids is 1. The molecule has 0 saturated carbocycles. The van der Waals surface area contributed by atoms with Gasteiger partial charge in [0.05, 0.1) is 21.4 Å². The summed E-state index contributed by atoms with van der Waals surface area (Å²) in [4.78, 5) is 11.6. The van der Waals surface area contributed by atoms with Crippen molar-refractivity contribution in [3.63, 3.8) is 0 Å². The van der Waals surface area contributed by atoms with E-state index in [0.29, 0.717) is 11.1 Å². The molecular weight excluding hydrogens is 326 g/mol. The number of hydrogen-bond acceptors (Lipinski definition) is 4. The molecule has 0 atom stereocenters. The lowest BCUT2D eigenvalue weighted by Gasteiger charge is -2.03. The number of benzene rings is 1. The van der Waals surface area contributed by atoms with Gasteiger partial charge in [-0.1, -0.05) is 24.3 Å². The fraction of sp³-hybridized carbons (Fsp3) is 0. The Balaban J connectivity index is 2.35. The van der Waals surface area contributed by atoms with E-state index in [1.165, 1.54) is 23.5 Å². The molecule has 0 saturated heterocycles. The molecular formula is C14H7BrNO2S-. The minimum absolute atomic E-state index is 0.0971. The highest BCUT2D eigenvalue weighted by atomic mass is 79.9. The van der Waals surface area contributed by atoms with Gasteiger partial charge in [-0.25, -0.2) is 0 Å². The molecule has 0 amide bonds. The fourth-order valence-corrected chi connectivity index (χ4v) is 2.88. The molecule has 0 aliphatic rings.